The van der Waals surface area contributed by atoms with Crippen molar-refractivity contribution < 1.29 is 4.74 Å². The van der Waals surface area contributed by atoms with E-state index in [2.05, 4.69) is 33.4 Å². The molecule has 0 heterocycles. The van der Waals surface area contributed by atoms with Crippen LogP contribution >= 0.6 is 12.6 Å². The van der Waals surface area contributed by atoms with Crippen molar-refractivity contribution >= 4 is 12.6 Å². The maximum atomic E-state index is 5.72. The Hall–Kier alpha value is 0.310. The molecule has 0 amide bonds. The van der Waals surface area contributed by atoms with Gasteiger partial charge in [-0.15, -0.1) is 0 Å². The number of rotatable bonds is 6. The lowest BCUT2D eigenvalue weighted by Crippen LogP contribution is -2.27. The second-order valence-corrected chi connectivity index (χ2v) is 5.92. The first-order valence-corrected chi connectivity index (χ1v) is 6.36. The average molecular weight is 216 g/mol. The summed E-state index contributed by atoms with van der Waals surface area (Å²) in [6.45, 7) is 8.61. The van der Waals surface area contributed by atoms with E-state index in [0.29, 0.717) is 11.3 Å². The number of ether oxygens (including phenoxy) is 1. The third-order valence-corrected chi connectivity index (χ3v) is 3.57. The molecule has 84 valence electrons. The first kappa shape index (κ1) is 12.4. The normalized spacial score (nSPS) is 19.7. The molecule has 0 N–H and O–H groups in total. The van der Waals surface area contributed by atoms with E-state index in [-0.39, 0.29) is 0 Å². The molecule has 1 atom stereocenters. The van der Waals surface area contributed by atoms with Gasteiger partial charge in [-0.05, 0) is 29.4 Å². The van der Waals surface area contributed by atoms with Gasteiger partial charge in [0, 0.05) is 6.61 Å². The van der Waals surface area contributed by atoms with Crippen LogP contribution in [-0.2, 0) is 4.74 Å². The fourth-order valence-electron chi connectivity index (χ4n) is 1.46. The Labute approximate surface area is 94.0 Å². The van der Waals surface area contributed by atoms with Gasteiger partial charge < -0.3 is 4.74 Å². The Morgan fingerprint density at radius 1 is 1.36 bits per heavy atom. The van der Waals surface area contributed by atoms with Gasteiger partial charge in [0.1, 0.15) is 0 Å². The van der Waals surface area contributed by atoms with Crippen molar-refractivity contribution in [1.29, 1.82) is 0 Å². The molecule has 0 aliphatic heterocycles. The molecule has 14 heavy (non-hydrogen) atoms. The van der Waals surface area contributed by atoms with Crippen LogP contribution in [0.5, 0.6) is 0 Å². The van der Waals surface area contributed by atoms with Crippen molar-refractivity contribution in [3.63, 3.8) is 0 Å². The summed E-state index contributed by atoms with van der Waals surface area (Å²) >= 11 is 4.38. The van der Waals surface area contributed by atoms with Crippen molar-refractivity contribution in [1.82, 2.24) is 0 Å². The molecule has 0 aromatic heterocycles. The fraction of sp³-hybridized carbons (Fsp3) is 1.00. The van der Waals surface area contributed by atoms with E-state index in [1.165, 1.54) is 19.3 Å². The molecule has 1 nitrogen and oxygen atoms in total. The van der Waals surface area contributed by atoms with E-state index in [1.807, 2.05) is 0 Å². The van der Waals surface area contributed by atoms with Gasteiger partial charge in [0.15, 0.2) is 0 Å². The van der Waals surface area contributed by atoms with Gasteiger partial charge in [0.25, 0.3) is 0 Å². The summed E-state index contributed by atoms with van der Waals surface area (Å²) in [5.41, 5.74) is 0.321. The zero-order valence-electron chi connectivity index (χ0n) is 9.75. The van der Waals surface area contributed by atoms with Gasteiger partial charge in [-0.25, -0.2) is 0 Å². The SMILES string of the molecule is CC(C)(C)C(CS)COCCC1CC1. The summed E-state index contributed by atoms with van der Waals surface area (Å²) in [7, 11) is 0. The second-order valence-electron chi connectivity index (χ2n) is 5.55. The maximum absolute atomic E-state index is 5.72. The maximum Gasteiger partial charge on any atom is 0.0507 e. The van der Waals surface area contributed by atoms with Crippen LogP contribution in [0.4, 0.5) is 0 Å². The molecule has 1 saturated carbocycles. The van der Waals surface area contributed by atoms with E-state index in [0.717, 1.165) is 24.9 Å². The van der Waals surface area contributed by atoms with Crippen molar-refractivity contribution in [3.05, 3.63) is 0 Å². The van der Waals surface area contributed by atoms with Crippen molar-refractivity contribution in [3.8, 4) is 0 Å². The van der Waals surface area contributed by atoms with Gasteiger partial charge in [0.05, 0.1) is 6.61 Å². The fourth-order valence-corrected chi connectivity index (χ4v) is 2.11. The molecule has 0 bridgehead atoms. The average Bonchev–Trinajstić information content (AvgIpc) is 2.85. The molecule has 0 spiro atoms. The smallest absolute Gasteiger partial charge is 0.0507 e. The summed E-state index contributed by atoms with van der Waals surface area (Å²) in [5.74, 6) is 2.48. The standard InChI is InChI=1S/C12H24OS/c1-12(2,3)11(9-14)8-13-7-6-10-4-5-10/h10-11,14H,4-9H2,1-3H3. The van der Waals surface area contributed by atoms with Crippen LogP contribution in [0, 0.1) is 17.3 Å². The lowest BCUT2D eigenvalue weighted by molar-refractivity contribution is 0.0630. The van der Waals surface area contributed by atoms with Crippen LogP contribution in [0.2, 0.25) is 0 Å². The minimum absolute atomic E-state index is 0.321. The van der Waals surface area contributed by atoms with Crippen LogP contribution in [0.1, 0.15) is 40.0 Å². The summed E-state index contributed by atoms with van der Waals surface area (Å²) in [5, 5.41) is 0. The van der Waals surface area contributed by atoms with Gasteiger partial charge in [-0.3, -0.25) is 0 Å². The van der Waals surface area contributed by atoms with Gasteiger partial charge in [-0.1, -0.05) is 33.6 Å². The van der Waals surface area contributed by atoms with E-state index >= 15 is 0 Å². The highest BCUT2D eigenvalue weighted by atomic mass is 32.1. The van der Waals surface area contributed by atoms with E-state index < -0.39 is 0 Å². The van der Waals surface area contributed by atoms with Crippen molar-refractivity contribution in [2.75, 3.05) is 19.0 Å². The Morgan fingerprint density at radius 3 is 2.43 bits per heavy atom. The summed E-state index contributed by atoms with van der Waals surface area (Å²) in [6.07, 6.45) is 4.13. The molecule has 0 aromatic carbocycles. The third kappa shape index (κ3) is 4.70. The molecule has 0 radical (unpaired) electrons. The minimum atomic E-state index is 0.321. The first-order chi connectivity index (χ1) is 6.54. The lowest BCUT2D eigenvalue weighted by Gasteiger charge is -2.29. The lowest BCUT2D eigenvalue weighted by atomic mass is 9.82. The number of hydrogen-bond acceptors (Lipinski definition) is 2. The molecule has 2 heteroatoms. The molecule has 1 fully saturated rings. The zero-order chi connectivity index (χ0) is 10.6. The molecule has 0 saturated heterocycles. The minimum Gasteiger partial charge on any atom is -0.381 e. The third-order valence-electron chi connectivity index (χ3n) is 3.13. The summed E-state index contributed by atoms with van der Waals surface area (Å²) in [6, 6.07) is 0. The zero-order valence-corrected chi connectivity index (χ0v) is 10.6. The molecule has 1 rings (SSSR count). The van der Waals surface area contributed by atoms with Crippen LogP contribution in [0.25, 0.3) is 0 Å². The highest BCUT2D eigenvalue weighted by molar-refractivity contribution is 7.80. The Kier molecular flexibility index (Phi) is 4.78. The Balaban J connectivity index is 2.07. The predicted octanol–water partition coefficient (Wildman–Crippen LogP) is 3.40. The first-order valence-electron chi connectivity index (χ1n) is 5.72. The van der Waals surface area contributed by atoms with Gasteiger partial charge >= 0.3 is 0 Å². The Bertz CT molecular complexity index is 158. The van der Waals surface area contributed by atoms with Crippen LogP contribution in [0.15, 0.2) is 0 Å². The number of thiol groups is 1. The Morgan fingerprint density at radius 2 is 2.00 bits per heavy atom. The molecular weight excluding hydrogens is 192 g/mol. The van der Waals surface area contributed by atoms with Gasteiger partial charge in [0.2, 0.25) is 0 Å². The van der Waals surface area contributed by atoms with E-state index in [4.69, 9.17) is 4.74 Å². The predicted molar refractivity (Wildman–Crippen MR) is 65.0 cm³/mol. The van der Waals surface area contributed by atoms with Gasteiger partial charge in [-0.2, -0.15) is 12.6 Å². The topological polar surface area (TPSA) is 9.23 Å². The van der Waals surface area contributed by atoms with Crippen molar-refractivity contribution in [2.45, 2.75) is 40.0 Å². The van der Waals surface area contributed by atoms with Crippen LogP contribution in [-0.4, -0.2) is 19.0 Å². The van der Waals surface area contributed by atoms with Crippen LogP contribution in [0.3, 0.4) is 0 Å². The molecular formula is C12H24OS. The monoisotopic (exact) mass is 216 g/mol. The van der Waals surface area contributed by atoms with E-state index in [1.54, 1.807) is 0 Å². The van der Waals surface area contributed by atoms with E-state index in [9.17, 15) is 0 Å². The molecule has 1 aliphatic carbocycles. The quantitative estimate of drug-likeness (QED) is 0.529. The second kappa shape index (κ2) is 5.41. The highest BCUT2D eigenvalue weighted by Crippen LogP contribution is 2.32. The number of hydrogen-bond donors (Lipinski definition) is 1. The molecule has 1 unspecified atom stereocenters. The molecule has 1 aliphatic rings. The largest absolute Gasteiger partial charge is 0.381 e. The summed E-state index contributed by atoms with van der Waals surface area (Å²) in [4.78, 5) is 0. The summed E-state index contributed by atoms with van der Waals surface area (Å²) < 4.78 is 5.72. The van der Waals surface area contributed by atoms with Crippen molar-refractivity contribution in [2.24, 2.45) is 17.3 Å². The van der Waals surface area contributed by atoms with Crippen LogP contribution < -0.4 is 0 Å². The molecule has 0 aromatic rings. The highest BCUT2D eigenvalue weighted by Gasteiger charge is 2.24.